The lowest BCUT2D eigenvalue weighted by Gasteiger charge is -2.14. The van der Waals surface area contributed by atoms with Crippen LogP contribution in [0.5, 0.6) is 0 Å². The van der Waals surface area contributed by atoms with E-state index >= 15 is 0 Å². The Morgan fingerprint density at radius 1 is 1.67 bits per heavy atom. The van der Waals surface area contributed by atoms with Crippen molar-refractivity contribution < 1.29 is 4.79 Å². The Hall–Kier alpha value is -1.76. The topological polar surface area (TPSA) is 57.8 Å². The molecule has 4 heteroatoms. The van der Waals surface area contributed by atoms with E-state index in [1.807, 2.05) is 36.1 Å². The Kier molecular flexibility index (Phi) is 3.15. The molecule has 0 saturated carbocycles. The van der Waals surface area contributed by atoms with Gasteiger partial charge in [0.15, 0.2) is 0 Å². The van der Waals surface area contributed by atoms with E-state index in [1.165, 1.54) is 0 Å². The summed E-state index contributed by atoms with van der Waals surface area (Å²) in [5.74, 6) is -0.242. The van der Waals surface area contributed by atoms with E-state index in [2.05, 4.69) is 5.32 Å². The molecule has 80 valence electrons. The number of nitrogens with one attached hydrogen (secondary N) is 1. The highest BCUT2D eigenvalue weighted by Gasteiger charge is 2.26. The van der Waals surface area contributed by atoms with Crippen LogP contribution in [0.4, 0.5) is 0 Å². The zero-order chi connectivity index (χ0) is 11.5. The van der Waals surface area contributed by atoms with E-state index in [4.69, 9.17) is 5.26 Å². The molecule has 1 heterocycles. The third kappa shape index (κ3) is 2.84. The van der Waals surface area contributed by atoms with Gasteiger partial charge in [-0.15, -0.1) is 0 Å². The molecule has 0 bridgehead atoms. The van der Waals surface area contributed by atoms with Crippen molar-refractivity contribution in [1.82, 2.24) is 9.88 Å². The quantitative estimate of drug-likeness (QED) is 0.805. The molecule has 0 aromatic carbocycles. The zero-order valence-corrected chi connectivity index (χ0v) is 9.24. The Labute approximate surface area is 89.5 Å². The van der Waals surface area contributed by atoms with E-state index in [0.717, 1.165) is 5.56 Å². The molecule has 1 aromatic heterocycles. The number of aryl methyl sites for hydroxylation is 1. The Morgan fingerprint density at radius 2 is 2.33 bits per heavy atom. The van der Waals surface area contributed by atoms with Gasteiger partial charge in [-0.25, -0.2) is 0 Å². The van der Waals surface area contributed by atoms with Crippen molar-refractivity contribution in [1.29, 1.82) is 5.26 Å². The van der Waals surface area contributed by atoms with Crippen LogP contribution in [0.15, 0.2) is 18.5 Å². The van der Waals surface area contributed by atoms with Crippen molar-refractivity contribution in [2.75, 3.05) is 0 Å². The summed E-state index contributed by atoms with van der Waals surface area (Å²) in [5, 5.41) is 11.5. The fraction of sp³-hybridized carbons (Fsp3) is 0.455. The average molecular weight is 205 g/mol. The molecular formula is C11H15N3O. The minimum Gasteiger partial charge on any atom is -0.357 e. The monoisotopic (exact) mass is 205 g/mol. The van der Waals surface area contributed by atoms with Crippen LogP contribution in [0.1, 0.15) is 19.4 Å². The zero-order valence-electron chi connectivity index (χ0n) is 9.24. The van der Waals surface area contributed by atoms with Crippen LogP contribution >= 0.6 is 0 Å². The summed E-state index contributed by atoms with van der Waals surface area (Å²) >= 11 is 0. The van der Waals surface area contributed by atoms with E-state index in [9.17, 15) is 4.79 Å². The number of rotatable bonds is 3. The summed E-state index contributed by atoms with van der Waals surface area (Å²) in [5.41, 5.74) is 0.0639. The lowest BCUT2D eigenvalue weighted by molar-refractivity contribution is -0.126. The highest BCUT2D eigenvalue weighted by atomic mass is 16.2. The van der Waals surface area contributed by atoms with Crippen molar-refractivity contribution in [3.63, 3.8) is 0 Å². The van der Waals surface area contributed by atoms with Crippen molar-refractivity contribution in [3.05, 3.63) is 24.0 Å². The normalized spacial score (nSPS) is 10.8. The van der Waals surface area contributed by atoms with Gasteiger partial charge in [0.2, 0.25) is 5.91 Å². The molecule has 1 aromatic rings. The van der Waals surface area contributed by atoms with Crippen LogP contribution < -0.4 is 5.32 Å². The fourth-order valence-electron chi connectivity index (χ4n) is 1.12. The summed E-state index contributed by atoms with van der Waals surface area (Å²) in [6.45, 7) is 3.67. The summed E-state index contributed by atoms with van der Waals surface area (Å²) < 4.78 is 1.91. The van der Waals surface area contributed by atoms with Crippen molar-refractivity contribution in [2.24, 2.45) is 12.5 Å². The minimum absolute atomic E-state index is 0.242. The first-order valence-electron chi connectivity index (χ1n) is 4.76. The second-order valence-electron chi connectivity index (χ2n) is 4.10. The number of aromatic nitrogens is 1. The van der Waals surface area contributed by atoms with Gasteiger partial charge in [-0.3, -0.25) is 4.79 Å². The van der Waals surface area contributed by atoms with Gasteiger partial charge >= 0.3 is 0 Å². The number of amides is 1. The summed E-state index contributed by atoms with van der Waals surface area (Å²) in [4.78, 5) is 11.5. The van der Waals surface area contributed by atoms with Crippen LogP contribution in [0.25, 0.3) is 0 Å². The molecule has 0 radical (unpaired) electrons. The van der Waals surface area contributed by atoms with Gasteiger partial charge in [-0.05, 0) is 25.5 Å². The molecule has 0 atom stereocenters. The lowest BCUT2D eigenvalue weighted by atomic mass is 9.95. The van der Waals surface area contributed by atoms with Crippen molar-refractivity contribution >= 4 is 5.91 Å². The molecule has 1 amide bonds. The van der Waals surface area contributed by atoms with Gasteiger partial charge in [-0.2, -0.15) is 5.26 Å². The van der Waals surface area contributed by atoms with Crippen molar-refractivity contribution in [3.8, 4) is 6.07 Å². The highest BCUT2D eigenvalue weighted by molar-refractivity contribution is 5.84. The molecule has 0 unspecified atom stereocenters. The maximum absolute atomic E-state index is 11.5. The molecule has 1 N–H and O–H groups in total. The number of nitrogens with zero attached hydrogens (tertiary/aromatic N) is 2. The Bertz CT molecular complexity index is 398. The number of hydrogen-bond donors (Lipinski definition) is 1. The molecule has 0 fully saturated rings. The van der Waals surface area contributed by atoms with E-state index in [0.29, 0.717) is 6.54 Å². The Balaban J connectivity index is 2.52. The van der Waals surface area contributed by atoms with Crippen LogP contribution in [-0.4, -0.2) is 10.5 Å². The predicted molar refractivity (Wildman–Crippen MR) is 56.7 cm³/mol. The second-order valence-corrected chi connectivity index (χ2v) is 4.10. The second kappa shape index (κ2) is 4.18. The highest BCUT2D eigenvalue weighted by Crippen LogP contribution is 2.13. The predicted octanol–water partition coefficient (Wildman–Crippen LogP) is 1.19. The standard InChI is InChI=1S/C11H15N3O/c1-11(2,8-12)10(15)13-6-9-4-5-14(3)7-9/h4-5,7H,6H2,1-3H3,(H,13,15). The first kappa shape index (κ1) is 11.3. The van der Waals surface area contributed by atoms with E-state index in [-0.39, 0.29) is 5.91 Å². The van der Waals surface area contributed by atoms with Crippen LogP contribution in [0.2, 0.25) is 0 Å². The summed E-state index contributed by atoms with van der Waals surface area (Å²) in [6.07, 6.45) is 3.84. The first-order valence-corrected chi connectivity index (χ1v) is 4.76. The third-order valence-corrected chi connectivity index (χ3v) is 2.19. The summed E-state index contributed by atoms with van der Waals surface area (Å²) in [7, 11) is 1.92. The van der Waals surface area contributed by atoms with Crippen LogP contribution in [0.3, 0.4) is 0 Å². The molecule has 0 aliphatic carbocycles. The average Bonchev–Trinajstić information content (AvgIpc) is 2.60. The van der Waals surface area contributed by atoms with Gasteiger partial charge < -0.3 is 9.88 Å². The maximum Gasteiger partial charge on any atom is 0.240 e. The van der Waals surface area contributed by atoms with E-state index < -0.39 is 5.41 Å². The smallest absolute Gasteiger partial charge is 0.240 e. The maximum atomic E-state index is 11.5. The summed E-state index contributed by atoms with van der Waals surface area (Å²) in [6, 6.07) is 3.90. The van der Waals surface area contributed by atoms with Gasteiger partial charge in [-0.1, -0.05) is 0 Å². The van der Waals surface area contributed by atoms with Crippen LogP contribution in [-0.2, 0) is 18.4 Å². The molecule has 0 saturated heterocycles. The largest absolute Gasteiger partial charge is 0.357 e. The SMILES string of the molecule is Cn1ccc(CNC(=O)C(C)(C)C#N)c1. The third-order valence-electron chi connectivity index (χ3n) is 2.19. The van der Waals surface area contributed by atoms with E-state index in [1.54, 1.807) is 13.8 Å². The lowest BCUT2D eigenvalue weighted by Crippen LogP contribution is -2.35. The molecular weight excluding hydrogens is 190 g/mol. The minimum atomic E-state index is -0.964. The molecule has 4 nitrogen and oxygen atoms in total. The fourth-order valence-corrected chi connectivity index (χ4v) is 1.12. The van der Waals surface area contributed by atoms with Gasteiger partial charge in [0.05, 0.1) is 6.07 Å². The Morgan fingerprint density at radius 3 is 2.80 bits per heavy atom. The molecule has 0 aliphatic heterocycles. The molecule has 1 rings (SSSR count). The van der Waals surface area contributed by atoms with Gasteiger partial charge in [0.25, 0.3) is 0 Å². The van der Waals surface area contributed by atoms with Gasteiger partial charge in [0, 0.05) is 26.0 Å². The number of carbonyl (C=O) groups is 1. The molecule has 15 heavy (non-hydrogen) atoms. The molecule has 0 aliphatic rings. The number of hydrogen-bond acceptors (Lipinski definition) is 2. The number of carbonyl (C=O) groups excluding carboxylic acids is 1. The van der Waals surface area contributed by atoms with Crippen LogP contribution in [0, 0.1) is 16.7 Å². The van der Waals surface area contributed by atoms with Crippen molar-refractivity contribution in [2.45, 2.75) is 20.4 Å². The van der Waals surface area contributed by atoms with Gasteiger partial charge in [0.1, 0.15) is 5.41 Å². The molecule has 0 spiro atoms. The first-order chi connectivity index (χ1) is 6.95. The number of nitriles is 1.